The van der Waals surface area contributed by atoms with E-state index < -0.39 is 11.3 Å². The Labute approximate surface area is 142 Å². The molecule has 0 fully saturated rings. The summed E-state index contributed by atoms with van der Waals surface area (Å²) < 4.78 is 0. The van der Waals surface area contributed by atoms with Gasteiger partial charge in [-0.15, -0.1) is 11.6 Å². The number of halogens is 2. The fraction of sp³-hybridized carbons (Fsp3) is 0.118. The molecule has 0 spiro atoms. The van der Waals surface area contributed by atoms with Crippen molar-refractivity contribution in [2.24, 2.45) is 0 Å². The van der Waals surface area contributed by atoms with Gasteiger partial charge in [-0.25, -0.2) is 0 Å². The van der Waals surface area contributed by atoms with Gasteiger partial charge < -0.3 is 5.32 Å². The number of nitrogens with one attached hydrogen (secondary N) is 1. The molecule has 6 heteroatoms. The molecule has 4 nitrogen and oxygen atoms in total. The molecule has 2 aromatic carbocycles. The molecule has 0 saturated heterocycles. The van der Waals surface area contributed by atoms with Gasteiger partial charge in [-0.05, 0) is 19.1 Å². The zero-order valence-corrected chi connectivity index (χ0v) is 13.5. The van der Waals surface area contributed by atoms with Crippen LogP contribution in [0.25, 0.3) is 0 Å². The van der Waals surface area contributed by atoms with Crippen LogP contribution in [-0.2, 0) is 4.79 Å². The van der Waals surface area contributed by atoms with Crippen molar-refractivity contribution >= 4 is 46.4 Å². The van der Waals surface area contributed by atoms with Crippen molar-refractivity contribution in [3.8, 4) is 0 Å². The molecule has 0 heterocycles. The standard InChI is InChI=1S/C17H11Cl2NO3/c1-8(18)17(23)20-14-7-12-11(6-13(14)19)15(21)9-4-2-3-5-10(9)16(12)22/h2-8H,1H3,(H,20,23). The summed E-state index contributed by atoms with van der Waals surface area (Å²) in [4.78, 5) is 36.9. The highest BCUT2D eigenvalue weighted by molar-refractivity contribution is 6.37. The molecule has 1 atom stereocenters. The Balaban J connectivity index is 2.11. The predicted octanol–water partition coefficient (Wildman–Crippen LogP) is 3.68. The van der Waals surface area contributed by atoms with Crippen LogP contribution >= 0.6 is 23.2 Å². The van der Waals surface area contributed by atoms with Crippen molar-refractivity contribution in [2.75, 3.05) is 5.32 Å². The first kappa shape index (κ1) is 15.7. The monoisotopic (exact) mass is 347 g/mol. The third-order valence-electron chi connectivity index (χ3n) is 3.63. The van der Waals surface area contributed by atoms with Gasteiger partial charge in [0.25, 0.3) is 0 Å². The fourth-order valence-corrected chi connectivity index (χ4v) is 2.71. The van der Waals surface area contributed by atoms with Crippen molar-refractivity contribution < 1.29 is 14.4 Å². The van der Waals surface area contributed by atoms with Crippen molar-refractivity contribution in [1.29, 1.82) is 0 Å². The Morgan fingerprint density at radius 3 is 2.04 bits per heavy atom. The van der Waals surface area contributed by atoms with Crippen LogP contribution in [0, 0.1) is 0 Å². The molecule has 0 radical (unpaired) electrons. The van der Waals surface area contributed by atoms with E-state index in [1.807, 2.05) is 0 Å². The maximum absolute atomic E-state index is 12.6. The number of rotatable bonds is 2. The van der Waals surface area contributed by atoms with Gasteiger partial charge in [-0.2, -0.15) is 0 Å². The first-order valence-electron chi connectivity index (χ1n) is 6.87. The summed E-state index contributed by atoms with van der Waals surface area (Å²) in [5.41, 5.74) is 1.40. The van der Waals surface area contributed by atoms with Crippen LogP contribution in [0.5, 0.6) is 0 Å². The first-order chi connectivity index (χ1) is 10.9. The molecule has 1 aliphatic carbocycles. The van der Waals surface area contributed by atoms with Gasteiger partial charge in [-0.1, -0.05) is 35.9 Å². The summed E-state index contributed by atoms with van der Waals surface area (Å²) in [6, 6.07) is 9.44. The van der Waals surface area contributed by atoms with Crippen LogP contribution in [0.1, 0.15) is 38.8 Å². The second-order valence-corrected chi connectivity index (χ2v) is 6.25. The highest BCUT2D eigenvalue weighted by atomic mass is 35.5. The summed E-state index contributed by atoms with van der Waals surface area (Å²) in [6.45, 7) is 1.52. The van der Waals surface area contributed by atoms with E-state index in [1.54, 1.807) is 24.3 Å². The van der Waals surface area contributed by atoms with Crippen LogP contribution in [0.3, 0.4) is 0 Å². The summed E-state index contributed by atoms with van der Waals surface area (Å²) >= 11 is 11.8. The lowest BCUT2D eigenvalue weighted by Crippen LogP contribution is -2.23. The molecule has 1 amide bonds. The largest absolute Gasteiger partial charge is 0.323 e. The lowest BCUT2D eigenvalue weighted by atomic mass is 9.84. The maximum atomic E-state index is 12.6. The maximum Gasteiger partial charge on any atom is 0.242 e. The average molecular weight is 348 g/mol. The molecule has 0 saturated carbocycles. The van der Waals surface area contributed by atoms with E-state index in [9.17, 15) is 14.4 Å². The van der Waals surface area contributed by atoms with E-state index in [0.29, 0.717) is 11.1 Å². The van der Waals surface area contributed by atoms with Gasteiger partial charge in [-0.3, -0.25) is 14.4 Å². The second-order valence-electron chi connectivity index (χ2n) is 5.19. The van der Waals surface area contributed by atoms with Gasteiger partial charge in [0, 0.05) is 22.3 Å². The van der Waals surface area contributed by atoms with Crippen LogP contribution in [0.15, 0.2) is 36.4 Å². The highest BCUT2D eigenvalue weighted by Gasteiger charge is 2.30. The third kappa shape index (κ3) is 2.64. The minimum absolute atomic E-state index is 0.176. The lowest BCUT2D eigenvalue weighted by Gasteiger charge is -2.19. The zero-order chi connectivity index (χ0) is 16.7. The molecule has 1 N–H and O–H groups in total. The van der Waals surface area contributed by atoms with Crippen LogP contribution in [-0.4, -0.2) is 22.9 Å². The number of hydrogen-bond donors (Lipinski definition) is 1. The second kappa shape index (κ2) is 5.80. The summed E-state index contributed by atoms with van der Waals surface area (Å²) in [5, 5.41) is 1.98. The van der Waals surface area contributed by atoms with E-state index in [0.717, 1.165) is 0 Å². The highest BCUT2D eigenvalue weighted by Crippen LogP contribution is 2.33. The molecule has 23 heavy (non-hydrogen) atoms. The lowest BCUT2D eigenvalue weighted by molar-refractivity contribution is -0.115. The number of alkyl halides is 1. The SMILES string of the molecule is CC(Cl)C(=O)Nc1cc2c(cc1Cl)C(=O)c1ccccc1C2=O. The minimum Gasteiger partial charge on any atom is -0.323 e. The normalized spacial score (nSPS) is 14.0. The van der Waals surface area contributed by atoms with Crippen molar-refractivity contribution in [3.63, 3.8) is 0 Å². The summed E-state index contributed by atoms with van der Waals surface area (Å²) in [7, 11) is 0. The smallest absolute Gasteiger partial charge is 0.242 e. The van der Waals surface area contributed by atoms with Crippen LogP contribution < -0.4 is 5.32 Å². The van der Waals surface area contributed by atoms with Crippen molar-refractivity contribution in [3.05, 3.63) is 63.7 Å². The number of amides is 1. The number of benzene rings is 2. The molecule has 1 unspecified atom stereocenters. The molecular weight excluding hydrogens is 337 g/mol. The fourth-order valence-electron chi connectivity index (χ4n) is 2.45. The van der Waals surface area contributed by atoms with Gasteiger partial charge in [0.15, 0.2) is 11.6 Å². The first-order valence-corrected chi connectivity index (χ1v) is 7.68. The number of ketones is 2. The summed E-state index contributed by atoms with van der Waals surface area (Å²) in [6.07, 6.45) is 0. The molecule has 0 bridgehead atoms. The zero-order valence-electron chi connectivity index (χ0n) is 12.0. The number of fused-ring (bicyclic) bond motifs is 2. The molecule has 1 aliphatic rings. The van der Waals surface area contributed by atoms with E-state index in [2.05, 4.69) is 5.32 Å². The number of hydrogen-bond acceptors (Lipinski definition) is 3. The molecular formula is C17H11Cl2NO3. The molecule has 0 aliphatic heterocycles. The Morgan fingerprint density at radius 2 is 1.52 bits per heavy atom. The Morgan fingerprint density at radius 1 is 1.00 bits per heavy atom. The van der Waals surface area contributed by atoms with Crippen LogP contribution in [0.2, 0.25) is 5.02 Å². The third-order valence-corrected chi connectivity index (χ3v) is 4.14. The molecule has 0 aromatic heterocycles. The van der Waals surface area contributed by atoms with Gasteiger partial charge >= 0.3 is 0 Å². The molecule has 2 aromatic rings. The number of carbonyl (C=O) groups is 3. The average Bonchev–Trinajstić information content (AvgIpc) is 2.53. The van der Waals surface area contributed by atoms with E-state index in [-0.39, 0.29) is 33.4 Å². The van der Waals surface area contributed by atoms with Gasteiger partial charge in [0.2, 0.25) is 5.91 Å². The Bertz CT molecular complexity index is 859. The van der Waals surface area contributed by atoms with Crippen molar-refractivity contribution in [2.45, 2.75) is 12.3 Å². The predicted molar refractivity (Wildman–Crippen MR) is 88.7 cm³/mol. The molecule has 3 rings (SSSR count). The minimum atomic E-state index is -0.750. The van der Waals surface area contributed by atoms with Gasteiger partial charge in [0.05, 0.1) is 10.7 Å². The number of carbonyl (C=O) groups excluding carboxylic acids is 3. The van der Waals surface area contributed by atoms with Crippen molar-refractivity contribution in [1.82, 2.24) is 0 Å². The van der Waals surface area contributed by atoms with Crippen LogP contribution in [0.4, 0.5) is 5.69 Å². The topological polar surface area (TPSA) is 63.2 Å². The molecule has 116 valence electrons. The van der Waals surface area contributed by atoms with E-state index in [4.69, 9.17) is 23.2 Å². The van der Waals surface area contributed by atoms with E-state index >= 15 is 0 Å². The quantitative estimate of drug-likeness (QED) is 0.719. The number of anilines is 1. The van der Waals surface area contributed by atoms with E-state index in [1.165, 1.54) is 19.1 Å². The Kier molecular flexibility index (Phi) is 3.96. The Hall–Kier alpha value is -2.17. The van der Waals surface area contributed by atoms with Gasteiger partial charge in [0.1, 0.15) is 5.38 Å². The summed E-state index contributed by atoms with van der Waals surface area (Å²) in [5.74, 6) is -0.981.